The molecule has 6 heteroatoms. The molecule has 0 atom stereocenters. The number of pyridine rings is 1. The number of ether oxygens (including phenoxy) is 2. The molecule has 5 rings (SSSR count). The summed E-state index contributed by atoms with van der Waals surface area (Å²) < 4.78 is 10.9. The maximum absolute atomic E-state index is 13.8. The second kappa shape index (κ2) is 9.47. The van der Waals surface area contributed by atoms with Crippen molar-refractivity contribution in [2.45, 2.75) is 19.3 Å². The van der Waals surface area contributed by atoms with Gasteiger partial charge in [-0.1, -0.05) is 24.3 Å². The van der Waals surface area contributed by atoms with Gasteiger partial charge in [0.1, 0.15) is 0 Å². The van der Waals surface area contributed by atoms with Crippen molar-refractivity contribution in [3.8, 4) is 11.5 Å². The molecule has 0 saturated carbocycles. The van der Waals surface area contributed by atoms with Crippen LogP contribution in [0.2, 0.25) is 0 Å². The van der Waals surface area contributed by atoms with E-state index in [2.05, 4.69) is 18.0 Å². The van der Waals surface area contributed by atoms with E-state index in [4.69, 9.17) is 14.5 Å². The molecule has 0 unspecified atom stereocenters. The Balaban J connectivity index is 1.62. The smallest absolute Gasteiger partial charge is 0.254 e. The third kappa shape index (κ3) is 4.14. The second-order valence-corrected chi connectivity index (χ2v) is 9.06. The zero-order valence-electron chi connectivity index (χ0n) is 20.1. The lowest BCUT2D eigenvalue weighted by molar-refractivity contribution is 0.0665. The number of rotatable bonds is 4. The predicted octanol–water partition coefficient (Wildman–Crippen LogP) is 4.52. The standard InChI is InChI=1S/C28H31N3O3/c1-30-13-15-31(16-14-30)28(32)26-21-8-4-5-10-23(21)29-27-20(7-6-9-22(26)27)17-19-11-12-24(33-2)25(18-19)34-3/h4-5,8,10-12,17-18H,6-7,9,13-16H2,1-3H3. The van der Waals surface area contributed by atoms with Crippen LogP contribution in [-0.2, 0) is 6.42 Å². The Morgan fingerprint density at radius 1 is 0.971 bits per heavy atom. The molecule has 6 nitrogen and oxygen atoms in total. The third-order valence-electron chi connectivity index (χ3n) is 6.92. The summed E-state index contributed by atoms with van der Waals surface area (Å²) in [6, 6.07) is 14.0. The minimum absolute atomic E-state index is 0.135. The lowest BCUT2D eigenvalue weighted by atomic mass is 9.85. The number of benzene rings is 2. The molecule has 0 spiro atoms. The van der Waals surface area contributed by atoms with E-state index in [0.717, 1.165) is 84.3 Å². The molecule has 1 amide bonds. The van der Waals surface area contributed by atoms with Gasteiger partial charge in [0, 0.05) is 31.6 Å². The van der Waals surface area contributed by atoms with Gasteiger partial charge in [-0.05, 0) is 67.3 Å². The van der Waals surface area contributed by atoms with Gasteiger partial charge in [-0.15, -0.1) is 0 Å². The van der Waals surface area contributed by atoms with Gasteiger partial charge in [0.2, 0.25) is 0 Å². The van der Waals surface area contributed by atoms with Crippen LogP contribution in [0, 0.1) is 0 Å². The summed E-state index contributed by atoms with van der Waals surface area (Å²) in [7, 11) is 5.40. The maximum Gasteiger partial charge on any atom is 0.254 e. The van der Waals surface area contributed by atoms with Gasteiger partial charge in [0.25, 0.3) is 5.91 Å². The van der Waals surface area contributed by atoms with Crippen LogP contribution in [-0.4, -0.2) is 68.1 Å². The number of hydrogen-bond acceptors (Lipinski definition) is 5. The zero-order valence-corrected chi connectivity index (χ0v) is 20.1. The summed E-state index contributed by atoms with van der Waals surface area (Å²) in [5.74, 6) is 1.54. The van der Waals surface area contributed by atoms with Crippen molar-refractivity contribution in [1.82, 2.24) is 14.8 Å². The molecule has 0 radical (unpaired) electrons. The first-order valence-electron chi connectivity index (χ1n) is 11.9. The quantitative estimate of drug-likeness (QED) is 0.577. The molecule has 1 aromatic heterocycles. The molecule has 34 heavy (non-hydrogen) atoms. The van der Waals surface area contributed by atoms with Crippen LogP contribution in [0.5, 0.6) is 11.5 Å². The highest BCUT2D eigenvalue weighted by atomic mass is 16.5. The molecular formula is C28H31N3O3. The van der Waals surface area contributed by atoms with Crippen molar-refractivity contribution in [2.24, 2.45) is 0 Å². The molecule has 176 valence electrons. The van der Waals surface area contributed by atoms with Crippen LogP contribution in [0.25, 0.3) is 22.6 Å². The van der Waals surface area contributed by atoms with E-state index >= 15 is 0 Å². The lowest BCUT2D eigenvalue weighted by Gasteiger charge is -2.33. The third-order valence-corrected chi connectivity index (χ3v) is 6.92. The number of carbonyl (C=O) groups is 1. The van der Waals surface area contributed by atoms with Gasteiger partial charge in [-0.25, -0.2) is 4.98 Å². The monoisotopic (exact) mass is 457 g/mol. The first kappa shape index (κ1) is 22.4. The number of piperazine rings is 1. The summed E-state index contributed by atoms with van der Waals surface area (Å²) in [4.78, 5) is 23.2. The Bertz CT molecular complexity index is 1260. The van der Waals surface area contributed by atoms with Gasteiger partial charge >= 0.3 is 0 Å². The summed E-state index contributed by atoms with van der Waals surface area (Å²) in [6.07, 6.45) is 4.96. The SMILES string of the molecule is COc1ccc(C=C2CCCc3c2nc2ccccc2c3C(=O)N2CCN(C)CC2)cc1OC. The Morgan fingerprint density at radius 2 is 1.74 bits per heavy atom. The molecule has 1 aliphatic heterocycles. The summed E-state index contributed by atoms with van der Waals surface area (Å²) in [6.45, 7) is 3.33. The van der Waals surface area contributed by atoms with Crippen molar-refractivity contribution < 1.29 is 14.3 Å². The highest BCUT2D eigenvalue weighted by Gasteiger charge is 2.29. The molecular weight excluding hydrogens is 426 g/mol. The molecule has 1 aliphatic carbocycles. The number of likely N-dealkylation sites (N-methyl/N-ethyl adjacent to an activating group) is 1. The van der Waals surface area contributed by atoms with Crippen LogP contribution in [0.15, 0.2) is 42.5 Å². The molecule has 2 heterocycles. The Morgan fingerprint density at radius 3 is 2.50 bits per heavy atom. The molecule has 2 aliphatic rings. The average Bonchev–Trinajstić information content (AvgIpc) is 2.87. The molecule has 2 aromatic carbocycles. The number of carbonyl (C=O) groups excluding carboxylic acids is 1. The van der Waals surface area contributed by atoms with Crippen molar-refractivity contribution in [3.63, 3.8) is 0 Å². The zero-order chi connectivity index (χ0) is 23.7. The fourth-order valence-corrected chi connectivity index (χ4v) is 5.03. The number of methoxy groups -OCH3 is 2. The normalized spacial score (nSPS) is 17.6. The molecule has 0 bridgehead atoms. The van der Waals surface area contributed by atoms with E-state index in [9.17, 15) is 4.79 Å². The lowest BCUT2D eigenvalue weighted by Crippen LogP contribution is -2.47. The van der Waals surface area contributed by atoms with Crippen molar-refractivity contribution in [3.05, 3.63) is 64.8 Å². The van der Waals surface area contributed by atoms with Crippen LogP contribution >= 0.6 is 0 Å². The first-order valence-corrected chi connectivity index (χ1v) is 11.9. The minimum Gasteiger partial charge on any atom is -0.493 e. The van der Waals surface area contributed by atoms with Crippen LogP contribution < -0.4 is 9.47 Å². The largest absolute Gasteiger partial charge is 0.493 e. The molecule has 3 aromatic rings. The number of amides is 1. The number of hydrogen-bond donors (Lipinski definition) is 0. The van der Waals surface area contributed by atoms with E-state index in [1.807, 2.05) is 47.4 Å². The van der Waals surface area contributed by atoms with Gasteiger partial charge in [0.15, 0.2) is 11.5 Å². The second-order valence-electron chi connectivity index (χ2n) is 9.06. The number of fused-ring (bicyclic) bond motifs is 2. The Labute approximate surface area is 200 Å². The summed E-state index contributed by atoms with van der Waals surface area (Å²) >= 11 is 0. The van der Waals surface area contributed by atoms with E-state index in [0.29, 0.717) is 11.5 Å². The fraction of sp³-hybridized carbons (Fsp3) is 0.357. The number of allylic oxidation sites excluding steroid dienone is 1. The number of para-hydroxylation sites is 1. The van der Waals surface area contributed by atoms with Gasteiger partial charge in [-0.3, -0.25) is 4.79 Å². The van der Waals surface area contributed by atoms with Crippen LogP contribution in [0.1, 0.15) is 40.0 Å². The van der Waals surface area contributed by atoms with E-state index in [1.54, 1.807) is 14.2 Å². The predicted molar refractivity (Wildman–Crippen MR) is 135 cm³/mol. The topological polar surface area (TPSA) is 54.9 Å². The van der Waals surface area contributed by atoms with Crippen molar-refractivity contribution in [2.75, 3.05) is 47.4 Å². The van der Waals surface area contributed by atoms with Gasteiger partial charge in [0.05, 0.1) is 31.0 Å². The van der Waals surface area contributed by atoms with Gasteiger partial charge < -0.3 is 19.3 Å². The van der Waals surface area contributed by atoms with Crippen molar-refractivity contribution >= 4 is 28.5 Å². The number of aromatic nitrogens is 1. The Kier molecular flexibility index (Phi) is 6.24. The highest BCUT2D eigenvalue weighted by molar-refractivity contribution is 6.09. The molecule has 0 N–H and O–H groups in total. The van der Waals surface area contributed by atoms with E-state index in [-0.39, 0.29) is 5.91 Å². The highest BCUT2D eigenvalue weighted by Crippen LogP contribution is 2.37. The first-order chi connectivity index (χ1) is 16.6. The average molecular weight is 458 g/mol. The fourth-order valence-electron chi connectivity index (χ4n) is 5.03. The number of nitrogens with zero attached hydrogens (tertiary/aromatic N) is 3. The van der Waals surface area contributed by atoms with E-state index in [1.165, 1.54) is 0 Å². The van der Waals surface area contributed by atoms with Crippen molar-refractivity contribution in [1.29, 1.82) is 0 Å². The van der Waals surface area contributed by atoms with E-state index < -0.39 is 0 Å². The van der Waals surface area contributed by atoms with Gasteiger partial charge in [-0.2, -0.15) is 0 Å². The van der Waals surface area contributed by atoms with Crippen LogP contribution in [0.4, 0.5) is 0 Å². The Hall–Kier alpha value is -3.38. The molecule has 1 saturated heterocycles. The minimum atomic E-state index is 0.135. The molecule has 1 fully saturated rings. The van der Waals surface area contributed by atoms with Crippen LogP contribution in [0.3, 0.4) is 0 Å². The maximum atomic E-state index is 13.8. The summed E-state index contributed by atoms with van der Waals surface area (Å²) in [5, 5.41) is 0.956. The summed E-state index contributed by atoms with van der Waals surface area (Å²) in [5.41, 5.74) is 5.94.